The average Bonchev–Trinajstić information content (AvgIpc) is 2.35. The van der Waals surface area contributed by atoms with Gasteiger partial charge >= 0.3 is 6.18 Å². The van der Waals surface area contributed by atoms with Crippen molar-refractivity contribution in [1.82, 2.24) is 5.43 Å². The van der Waals surface area contributed by atoms with Gasteiger partial charge in [-0.05, 0) is 11.4 Å². The molecule has 0 amide bonds. The molecule has 74 valence electrons. The predicted octanol–water partition coefficient (Wildman–Crippen LogP) is 2.47. The number of rotatable bonds is 2. The van der Waals surface area contributed by atoms with Crippen LogP contribution in [0.3, 0.4) is 0 Å². The molecule has 0 saturated carbocycles. The molecule has 3 N–H and O–H groups in total. The fourth-order valence-corrected chi connectivity index (χ4v) is 1.85. The Kier molecular flexibility index (Phi) is 3.18. The van der Waals surface area contributed by atoms with Gasteiger partial charge in [-0.3, -0.25) is 5.84 Å². The molecule has 0 spiro atoms. The Morgan fingerprint density at radius 3 is 2.46 bits per heavy atom. The van der Waals surface area contributed by atoms with Crippen LogP contribution < -0.4 is 11.3 Å². The maximum absolute atomic E-state index is 12.3. The van der Waals surface area contributed by atoms with Gasteiger partial charge in [-0.15, -0.1) is 11.3 Å². The van der Waals surface area contributed by atoms with Crippen molar-refractivity contribution in [3.05, 3.63) is 21.3 Å². The van der Waals surface area contributed by atoms with Gasteiger partial charge in [0.2, 0.25) is 0 Å². The quantitative estimate of drug-likeness (QED) is 0.605. The standard InChI is InChI=1S/C6H6ClF3N2S/c7-5-3(1-2-13-5)4(12-11)6(8,9)10/h1-2,4,12H,11H2. The van der Waals surface area contributed by atoms with Crippen LogP contribution in [0.15, 0.2) is 11.4 Å². The first-order valence-electron chi connectivity index (χ1n) is 3.22. The van der Waals surface area contributed by atoms with Gasteiger partial charge in [-0.25, -0.2) is 5.43 Å². The predicted molar refractivity (Wildman–Crippen MR) is 45.4 cm³/mol. The summed E-state index contributed by atoms with van der Waals surface area (Å²) in [6, 6.07) is -0.600. The third kappa shape index (κ3) is 2.34. The third-order valence-corrected chi connectivity index (χ3v) is 2.65. The molecular weight excluding hydrogens is 225 g/mol. The number of hydrogen-bond donors (Lipinski definition) is 2. The van der Waals surface area contributed by atoms with Gasteiger partial charge in [0.05, 0.1) is 4.34 Å². The van der Waals surface area contributed by atoms with Crippen LogP contribution in [0.1, 0.15) is 11.6 Å². The molecule has 1 aromatic rings. The molecule has 0 fully saturated rings. The van der Waals surface area contributed by atoms with E-state index >= 15 is 0 Å². The molecule has 1 heterocycles. The zero-order valence-corrected chi connectivity index (χ0v) is 7.80. The molecule has 0 radical (unpaired) electrons. The van der Waals surface area contributed by atoms with Crippen LogP contribution in [0.5, 0.6) is 0 Å². The second kappa shape index (κ2) is 3.83. The number of nitrogens with one attached hydrogen (secondary N) is 1. The minimum Gasteiger partial charge on any atom is -0.271 e. The fourth-order valence-electron chi connectivity index (χ4n) is 0.871. The van der Waals surface area contributed by atoms with Crippen molar-refractivity contribution >= 4 is 22.9 Å². The van der Waals surface area contributed by atoms with Crippen LogP contribution in [0.4, 0.5) is 13.2 Å². The van der Waals surface area contributed by atoms with Gasteiger partial charge in [0, 0.05) is 5.56 Å². The highest BCUT2D eigenvalue weighted by Gasteiger charge is 2.41. The van der Waals surface area contributed by atoms with E-state index in [0.717, 1.165) is 11.3 Å². The monoisotopic (exact) mass is 230 g/mol. The molecule has 0 aliphatic heterocycles. The summed E-state index contributed by atoms with van der Waals surface area (Å²) in [5, 5.41) is 1.48. The lowest BCUT2D eigenvalue weighted by molar-refractivity contribution is -0.157. The SMILES string of the molecule is NNC(c1ccsc1Cl)C(F)(F)F. The second-order valence-corrected chi connectivity index (χ2v) is 3.81. The summed E-state index contributed by atoms with van der Waals surface area (Å²) in [5.74, 6) is 4.79. The Morgan fingerprint density at radius 2 is 2.15 bits per heavy atom. The number of alkyl halides is 3. The fraction of sp³-hybridized carbons (Fsp3) is 0.333. The molecule has 0 saturated heterocycles. The van der Waals surface area contributed by atoms with Crippen molar-refractivity contribution < 1.29 is 13.2 Å². The lowest BCUT2D eigenvalue weighted by Gasteiger charge is -2.18. The van der Waals surface area contributed by atoms with Crippen molar-refractivity contribution in [3.8, 4) is 0 Å². The number of halogens is 4. The van der Waals surface area contributed by atoms with Crippen LogP contribution in [0.2, 0.25) is 4.34 Å². The van der Waals surface area contributed by atoms with Crippen LogP contribution in [-0.4, -0.2) is 6.18 Å². The molecular formula is C6H6ClF3N2S. The van der Waals surface area contributed by atoms with Crippen molar-refractivity contribution in [1.29, 1.82) is 0 Å². The lowest BCUT2D eigenvalue weighted by Crippen LogP contribution is -2.38. The lowest BCUT2D eigenvalue weighted by atomic mass is 10.1. The van der Waals surface area contributed by atoms with Gasteiger partial charge in [0.15, 0.2) is 0 Å². The van der Waals surface area contributed by atoms with Crippen LogP contribution in [0, 0.1) is 0 Å². The van der Waals surface area contributed by atoms with Gasteiger partial charge in [-0.1, -0.05) is 11.6 Å². The molecule has 0 aliphatic carbocycles. The van der Waals surface area contributed by atoms with Crippen LogP contribution in [-0.2, 0) is 0 Å². The van der Waals surface area contributed by atoms with Gasteiger partial charge in [0.1, 0.15) is 6.04 Å². The molecule has 1 atom stereocenters. The van der Waals surface area contributed by atoms with E-state index in [-0.39, 0.29) is 9.90 Å². The highest BCUT2D eigenvalue weighted by atomic mass is 35.5. The minimum atomic E-state index is -4.43. The maximum atomic E-state index is 12.3. The van der Waals surface area contributed by atoms with Crippen molar-refractivity contribution in [2.45, 2.75) is 12.2 Å². The van der Waals surface area contributed by atoms with Crippen molar-refractivity contribution in [2.24, 2.45) is 5.84 Å². The Morgan fingerprint density at radius 1 is 1.54 bits per heavy atom. The molecule has 1 unspecified atom stereocenters. The molecule has 13 heavy (non-hydrogen) atoms. The first-order chi connectivity index (χ1) is 5.96. The second-order valence-electron chi connectivity index (χ2n) is 2.29. The zero-order chi connectivity index (χ0) is 10.1. The summed E-state index contributed by atoms with van der Waals surface area (Å²) >= 11 is 6.58. The maximum Gasteiger partial charge on any atom is 0.409 e. The molecule has 1 rings (SSSR count). The van der Waals surface area contributed by atoms with E-state index in [2.05, 4.69) is 0 Å². The molecule has 7 heteroatoms. The molecule has 0 aliphatic rings. The molecule has 0 bridgehead atoms. The van der Waals surface area contributed by atoms with E-state index in [1.165, 1.54) is 11.4 Å². The Hall–Kier alpha value is -0.300. The summed E-state index contributed by atoms with van der Waals surface area (Å²) < 4.78 is 36.9. The van der Waals surface area contributed by atoms with Crippen LogP contribution in [0.25, 0.3) is 0 Å². The number of hydrazine groups is 1. The first kappa shape index (κ1) is 10.8. The summed E-state index contributed by atoms with van der Waals surface area (Å²) in [6.07, 6.45) is -4.43. The summed E-state index contributed by atoms with van der Waals surface area (Å²) in [7, 11) is 0. The van der Waals surface area contributed by atoms with E-state index < -0.39 is 12.2 Å². The zero-order valence-electron chi connectivity index (χ0n) is 6.23. The highest BCUT2D eigenvalue weighted by Crippen LogP contribution is 2.37. The largest absolute Gasteiger partial charge is 0.409 e. The Balaban J connectivity index is 2.98. The molecule has 1 aromatic heterocycles. The normalized spacial score (nSPS) is 14.5. The van der Waals surface area contributed by atoms with Crippen molar-refractivity contribution in [3.63, 3.8) is 0 Å². The summed E-state index contributed by atoms with van der Waals surface area (Å²) in [5.41, 5.74) is 1.64. The van der Waals surface area contributed by atoms with E-state index in [1.54, 1.807) is 5.43 Å². The van der Waals surface area contributed by atoms with E-state index in [0.29, 0.717) is 0 Å². The van der Waals surface area contributed by atoms with E-state index in [9.17, 15) is 13.2 Å². The van der Waals surface area contributed by atoms with Gasteiger partial charge in [-0.2, -0.15) is 13.2 Å². The van der Waals surface area contributed by atoms with E-state index in [4.69, 9.17) is 17.4 Å². The van der Waals surface area contributed by atoms with Gasteiger partial charge < -0.3 is 0 Å². The Labute approximate surface area is 81.5 Å². The molecule has 2 nitrogen and oxygen atoms in total. The Bertz CT molecular complexity index is 286. The minimum absolute atomic E-state index is 0.0401. The third-order valence-electron chi connectivity index (χ3n) is 1.45. The first-order valence-corrected chi connectivity index (χ1v) is 4.48. The highest BCUT2D eigenvalue weighted by molar-refractivity contribution is 7.14. The number of nitrogens with two attached hydrogens (primary N) is 1. The molecule has 0 aromatic carbocycles. The van der Waals surface area contributed by atoms with E-state index in [1.807, 2.05) is 0 Å². The van der Waals surface area contributed by atoms with Gasteiger partial charge in [0.25, 0.3) is 0 Å². The summed E-state index contributed by atoms with van der Waals surface area (Å²) in [6.45, 7) is 0. The summed E-state index contributed by atoms with van der Waals surface area (Å²) in [4.78, 5) is 0. The van der Waals surface area contributed by atoms with Crippen molar-refractivity contribution in [2.75, 3.05) is 0 Å². The topological polar surface area (TPSA) is 38.0 Å². The average molecular weight is 231 g/mol. The number of thiophene rings is 1. The number of hydrogen-bond acceptors (Lipinski definition) is 3. The van der Waals surface area contributed by atoms with Crippen LogP contribution >= 0.6 is 22.9 Å². The smallest absolute Gasteiger partial charge is 0.271 e.